The quantitative estimate of drug-likeness (QED) is 0.267. The lowest BCUT2D eigenvalue weighted by atomic mass is 9.73. The zero-order valence-electron chi connectivity index (χ0n) is 21.3. The van der Waals surface area contributed by atoms with Crippen molar-refractivity contribution in [2.75, 3.05) is 6.61 Å². The summed E-state index contributed by atoms with van der Waals surface area (Å²) in [7, 11) is 0. The van der Waals surface area contributed by atoms with Crippen LogP contribution in [0.3, 0.4) is 0 Å². The van der Waals surface area contributed by atoms with E-state index in [0.717, 1.165) is 29.6 Å². The summed E-state index contributed by atoms with van der Waals surface area (Å²) in [5.74, 6) is 5.53. The van der Waals surface area contributed by atoms with E-state index in [1.807, 2.05) is 0 Å². The maximum atomic E-state index is 11.2. The lowest BCUT2D eigenvalue weighted by molar-refractivity contribution is -0.140. The molecule has 0 aromatic heterocycles. The Morgan fingerprint density at radius 1 is 0.676 bits per heavy atom. The van der Waals surface area contributed by atoms with E-state index in [9.17, 15) is 4.79 Å². The summed E-state index contributed by atoms with van der Waals surface area (Å²) in [6.07, 6.45) is 21.5. The molecular weight excluding hydrogens is 416 g/mol. The van der Waals surface area contributed by atoms with Gasteiger partial charge in [0.25, 0.3) is 0 Å². The van der Waals surface area contributed by atoms with E-state index < -0.39 is 0 Å². The molecule has 204 valence electrons. The van der Waals surface area contributed by atoms with Gasteiger partial charge in [0, 0.05) is 5.57 Å². The molecule has 2 nitrogen and oxygen atoms in total. The second kappa shape index (κ2) is 19.4. The van der Waals surface area contributed by atoms with Crippen molar-refractivity contribution in [1.29, 1.82) is 0 Å². The number of carbonyl (C=O) groups excluding carboxylic acids is 1. The predicted octanol–water partition coefficient (Wildman–Crippen LogP) is 10.6. The zero-order chi connectivity index (χ0) is 22.6. The zero-order valence-corrected chi connectivity index (χ0v) is 21.3. The molecule has 3 rings (SSSR count). The number of hydrogen-bond donors (Lipinski definition) is 0. The molecule has 3 aliphatic rings. The van der Waals surface area contributed by atoms with E-state index in [1.165, 1.54) is 77.0 Å². The summed E-state index contributed by atoms with van der Waals surface area (Å²) in [5, 5.41) is 0. The molecule has 0 radical (unpaired) electrons. The van der Waals surface area contributed by atoms with Gasteiger partial charge in [-0.25, -0.2) is 4.79 Å². The lowest BCUT2D eigenvalue weighted by Crippen LogP contribution is -2.20. The highest BCUT2D eigenvalue weighted by Crippen LogP contribution is 2.38. The minimum atomic E-state index is -0.243. The molecule has 0 N–H and O–H groups in total. The maximum absolute atomic E-state index is 11.2. The highest BCUT2D eigenvalue weighted by atomic mass is 16.5. The second-order valence-corrected chi connectivity index (χ2v) is 11.3. The molecule has 0 heterocycles. The fraction of sp³-hybridized carbons (Fsp3) is 0.906. The summed E-state index contributed by atoms with van der Waals surface area (Å²) in [4.78, 5) is 11.2. The van der Waals surface area contributed by atoms with Crippen LogP contribution in [0.15, 0.2) is 12.2 Å². The third-order valence-electron chi connectivity index (χ3n) is 8.69. The van der Waals surface area contributed by atoms with Crippen LogP contribution in [0.1, 0.15) is 146 Å². The average molecular weight is 481 g/mol. The molecule has 0 aromatic rings. The third-order valence-corrected chi connectivity index (χ3v) is 8.69. The molecule has 34 heavy (non-hydrogen) atoms. The average Bonchev–Trinajstić information content (AvgIpc) is 2.80. The summed E-state index contributed by atoms with van der Waals surface area (Å²) in [6, 6.07) is 0. The minimum absolute atomic E-state index is 0. The van der Waals surface area contributed by atoms with E-state index in [4.69, 9.17) is 4.74 Å². The molecule has 0 unspecified atom stereocenters. The molecule has 3 fully saturated rings. The summed E-state index contributed by atoms with van der Waals surface area (Å²) in [5.41, 5.74) is 0.497. The Morgan fingerprint density at radius 2 is 1.03 bits per heavy atom. The summed E-state index contributed by atoms with van der Waals surface area (Å²) < 4.78 is 5.17. The Labute approximate surface area is 216 Å². The number of rotatable bonds is 7. The standard InChI is InChI=1S/C16H30.C13H22O2.3CH4/c1-3-14-8-10-16(11-9-14)12-15-6-4-13(2)5-7-15;1-4-11-5-7-12(8-6-11)9-15-13(14)10(2)3;;;/h13-16H,3-12H2,1-2H3;11-12H,2,4-9H2,1,3H3;3*1H4. The van der Waals surface area contributed by atoms with Gasteiger partial charge in [0.1, 0.15) is 0 Å². The van der Waals surface area contributed by atoms with Crippen LogP contribution in [-0.2, 0) is 9.53 Å². The molecule has 0 bridgehead atoms. The smallest absolute Gasteiger partial charge is 0.333 e. The van der Waals surface area contributed by atoms with Crippen molar-refractivity contribution in [1.82, 2.24) is 0 Å². The van der Waals surface area contributed by atoms with E-state index in [0.29, 0.717) is 18.1 Å². The van der Waals surface area contributed by atoms with Crippen molar-refractivity contribution in [2.24, 2.45) is 35.5 Å². The molecule has 0 aromatic carbocycles. The normalized spacial score (nSPS) is 30.7. The molecular formula is C32H64O2. The van der Waals surface area contributed by atoms with Gasteiger partial charge < -0.3 is 4.74 Å². The second-order valence-electron chi connectivity index (χ2n) is 11.3. The van der Waals surface area contributed by atoms with Gasteiger partial charge >= 0.3 is 5.97 Å². The third kappa shape index (κ3) is 13.3. The fourth-order valence-corrected chi connectivity index (χ4v) is 6.03. The first-order chi connectivity index (χ1) is 14.9. The molecule has 3 aliphatic carbocycles. The van der Waals surface area contributed by atoms with Crippen LogP contribution in [-0.4, -0.2) is 12.6 Å². The number of hydrogen-bond acceptors (Lipinski definition) is 2. The van der Waals surface area contributed by atoms with Crippen LogP contribution < -0.4 is 0 Å². The van der Waals surface area contributed by atoms with Crippen LogP contribution in [0.4, 0.5) is 0 Å². The van der Waals surface area contributed by atoms with Crippen LogP contribution in [0.2, 0.25) is 0 Å². The number of carbonyl (C=O) groups is 1. The van der Waals surface area contributed by atoms with Crippen molar-refractivity contribution < 1.29 is 9.53 Å². The number of esters is 1. The Hall–Kier alpha value is -0.790. The van der Waals surface area contributed by atoms with Gasteiger partial charge in [-0.05, 0) is 61.7 Å². The van der Waals surface area contributed by atoms with Gasteiger partial charge in [-0.3, -0.25) is 0 Å². The highest BCUT2D eigenvalue weighted by molar-refractivity contribution is 5.86. The molecule has 0 saturated heterocycles. The molecule has 0 amide bonds. The van der Waals surface area contributed by atoms with Crippen molar-refractivity contribution in [2.45, 2.75) is 146 Å². The van der Waals surface area contributed by atoms with Crippen LogP contribution in [0.5, 0.6) is 0 Å². The summed E-state index contributed by atoms with van der Waals surface area (Å²) in [6.45, 7) is 12.9. The Balaban J connectivity index is 0. The van der Waals surface area contributed by atoms with Crippen LogP contribution in [0, 0.1) is 35.5 Å². The van der Waals surface area contributed by atoms with Gasteiger partial charge in [-0.2, -0.15) is 0 Å². The van der Waals surface area contributed by atoms with E-state index >= 15 is 0 Å². The van der Waals surface area contributed by atoms with Crippen molar-refractivity contribution in [3.63, 3.8) is 0 Å². The monoisotopic (exact) mass is 480 g/mol. The SMILES string of the molecule is C.C.C.C=C(C)C(=O)OCC1CCC(CC)CC1.CCC1CCC(CC2CCC(C)CC2)CC1. The largest absolute Gasteiger partial charge is 0.462 e. The fourth-order valence-electron chi connectivity index (χ4n) is 6.03. The minimum Gasteiger partial charge on any atom is -0.462 e. The van der Waals surface area contributed by atoms with Crippen molar-refractivity contribution in [3.8, 4) is 0 Å². The van der Waals surface area contributed by atoms with Crippen LogP contribution >= 0.6 is 0 Å². The van der Waals surface area contributed by atoms with Gasteiger partial charge in [0.2, 0.25) is 0 Å². The molecule has 0 aliphatic heterocycles. The molecule has 2 heteroatoms. The Bertz CT molecular complexity index is 501. The highest BCUT2D eigenvalue weighted by Gasteiger charge is 2.25. The molecule has 0 atom stereocenters. The van der Waals surface area contributed by atoms with Crippen molar-refractivity contribution in [3.05, 3.63) is 12.2 Å². The molecule has 3 saturated carbocycles. The lowest BCUT2D eigenvalue weighted by Gasteiger charge is -2.33. The maximum Gasteiger partial charge on any atom is 0.333 e. The van der Waals surface area contributed by atoms with Gasteiger partial charge in [-0.1, -0.05) is 127 Å². The van der Waals surface area contributed by atoms with Gasteiger partial charge in [0.05, 0.1) is 6.61 Å². The first-order valence-corrected chi connectivity index (χ1v) is 13.7. The van der Waals surface area contributed by atoms with Crippen molar-refractivity contribution >= 4 is 5.97 Å². The van der Waals surface area contributed by atoms with E-state index in [1.54, 1.807) is 26.2 Å². The first kappa shape index (κ1) is 35.4. The Kier molecular flexibility index (Phi) is 20.2. The van der Waals surface area contributed by atoms with E-state index in [-0.39, 0.29) is 28.2 Å². The van der Waals surface area contributed by atoms with E-state index in [2.05, 4.69) is 27.4 Å². The van der Waals surface area contributed by atoms with Gasteiger partial charge in [0.15, 0.2) is 0 Å². The topological polar surface area (TPSA) is 26.3 Å². The van der Waals surface area contributed by atoms with Gasteiger partial charge in [-0.15, -0.1) is 0 Å². The Morgan fingerprint density at radius 3 is 1.41 bits per heavy atom. The number of ether oxygens (including phenoxy) is 1. The first-order valence-electron chi connectivity index (χ1n) is 13.7. The van der Waals surface area contributed by atoms with Crippen LogP contribution in [0.25, 0.3) is 0 Å². The molecule has 0 spiro atoms. The summed E-state index contributed by atoms with van der Waals surface area (Å²) >= 11 is 0. The predicted molar refractivity (Wildman–Crippen MR) is 153 cm³/mol.